The summed E-state index contributed by atoms with van der Waals surface area (Å²) in [6.45, 7) is 0. The lowest BCUT2D eigenvalue weighted by atomic mass is 10.4. The van der Waals surface area contributed by atoms with E-state index >= 15 is 0 Å². The van der Waals surface area contributed by atoms with Crippen molar-refractivity contribution in [1.82, 2.24) is 4.90 Å². The molecule has 1 heterocycles. The molecule has 0 fully saturated rings. The predicted octanol–water partition coefficient (Wildman–Crippen LogP) is 2.33. The van der Waals surface area contributed by atoms with Gasteiger partial charge in [-0.25, -0.2) is 0 Å². The van der Waals surface area contributed by atoms with Gasteiger partial charge >= 0.3 is 7.60 Å². The van der Waals surface area contributed by atoms with Crippen LogP contribution in [0.25, 0.3) is 0 Å². The van der Waals surface area contributed by atoms with Crippen LogP contribution in [0.1, 0.15) is 11.5 Å². The zero-order chi connectivity index (χ0) is 11.5. The van der Waals surface area contributed by atoms with Gasteiger partial charge in [-0.15, -0.1) is 0 Å². The van der Waals surface area contributed by atoms with E-state index in [9.17, 15) is 4.57 Å². The first-order chi connectivity index (χ1) is 7.05. The van der Waals surface area contributed by atoms with Crippen LogP contribution in [0.5, 0.6) is 0 Å². The SMILES string of the molecule is COP(=O)(OC)C(c1ccco1)N(C)C. The fraction of sp³-hybridized carbons (Fsp3) is 0.556. The van der Waals surface area contributed by atoms with Gasteiger partial charge in [0.25, 0.3) is 0 Å². The molecule has 1 unspecified atom stereocenters. The second-order valence-electron chi connectivity index (χ2n) is 3.26. The molecule has 0 amide bonds. The van der Waals surface area contributed by atoms with Crippen LogP contribution >= 0.6 is 7.60 Å². The molecule has 1 aromatic rings. The molecule has 0 spiro atoms. The summed E-state index contributed by atoms with van der Waals surface area (Å²) < 4.78 is 27.4. The largest absolute Gasteiger partial charge is 0.467 e. The normalized spacial score (nSPS) is 14.5. The molecular weight excluding hydrogens is 217 g/mol. The number of hydrogen-bond donors (Lipinski definition) is 0. The minimum atomic E-state index is -3.20. The van der Waals surface area contributed by atoms with Gasteiger partial charge in [-0.05, 0) is 26.2 Å². The number of nitrogens with zero attached hydrogens (tertiary/aromatic N) is 1. The summed E-state index contributed by atoms with van der Waals surface area (Å²) in [5, 5.41) is 0. The van der Waals surface area contributed by atoms with E-state index in [0.29, 0.717) is 5.76 Å². The van der Waals surface area contributed by atoms with Gasteiger partial charge in [0.2, 0.25) is 0 Å². The fourth-order valence-corrected chi connectivity index (χ4v) is 2.98. The van der Waals surface area contributed by atoms with E-state index in [0.717, 1.165) is 0 Å². The summed E-state index contributed by atoms with van der Waals surface area (Å²) in [4.78, 5) is 1.74. The maximum Gasteiger partial charge on any atom is 0.354 e. The highest BCUT2D eigenvalue weighted by atomic mass is 31.2. The molecule has 0 N–H and O–H groups in total. The number of hydrogen-bond acceptors (Lipinski definition) is 5. The Morgan fingerprint density at radius 2 is 2.00 bits per heavy atom. The average Bonchev–Trinajstić information content (AvgIpc) is 2.70. The Labute approximate surface area is 89.5 Å². The zero-order valence-electron chi connectivity index (χ0n) is 9.34. The van der Waals surface area contributed by atoms with E-state index < -0.39 is 13.4 Å². The van der Waals surface area contributed by atoms with Crippen molar-refractivity contribution in [2.24, 2.45) is 0 Å². The molecule has 86 valence electrons. The Bertz CT molecular complexity index is 328. The second-order valence-corrected chi connectivity index (χ2v) is 5.56. The summed E-state index contributed by atoms with van der Waals surface area (Å²) in [6.07, 6.45) is 1.53. The topological polar surface area (TPSA) is 51.9 Å². The Balaban J connectivity index is 3.08. The van der Waals surface area contributed by atoms with Gasteiger partial charge in [-0.2, -0.15) is 0 Å². The third-order valence-corrected chi connectivity index (χ3v) is 4.43. The molecule has 0 bridgehead atoms. The monoisotopic (exact) mass is 233 g/mol. The third kappa shape index (κ3) is 2.49. The first kappa shape index (κ1) is 12.5. The zero-order valence-corrected chi connectivity index (χ0v) is 10.2. The lowest BCUT2D eigenvalue weighted by molar-refractivity contribution is 0.216. The highest BCUT2D eigenvalue weighted by Gasteiger charge is 2.39. The van der Waals surface area contributed by atoms with Gasteiger partial charge in [0.05, 0.1) is 6.26 Å². The lowest BCUT2D eigenvalue weighted by Crippen LogP contribution is -2.21. The van der Waals surface area contributed by atoms with E-state index in [1.165, 1.54) is 20.5 Å². The molecule has 0 aliphatic carbocycles. The number of rotatable bonds is 5. The molecule has 0 saturated heterocycles. The molecule has 0 aliphatic heterocycles. The van der Waals surface area contributed by atoms with Crippen molar-refractivity contribution in [3.63, 3.8) is 0 Å². The molecule has 6 heteroatoms. The van der Waals surface area contributed by atoms with Crippen LogP contribution in [0.4, 0.5) is 0 Å². The molecular formula is C9H16NO4P. The van der Waals surface area contributed by atoms with Crippen LogP contribution < -0.4 is 0 Å². The number of furan rings is 1. The van der Waals surface area contributed by atoms with E-state index in [1.54, 1.807) is 31.1 Å². The van der Waals surface area contributed by atoms with Crippen LogP contribution in [0.15, 0.2) is 22.8 Å². The molecule has 0 aromatic carbocycles. The van der Waals surface area contributed by atoms with Crippen molar-refractivity contribution in [2.45, 2.75) is 5.78 Å². The Hall–Kier alpha value is -0.610. The standard InChI is InChI=1S/C9H16NO4P/c1-10(2)9(8-6-5-7-14-8)15(11,12-3)13-4/h5-7,9H,1-4H3. The van der Waals surface area contributed by atoms with Crippen LogP contribution in [0.3, 0.4) is 0 Å². The maximum atomic E-state index is 12.2. The molecule has 1 aromatic heterocycles. The quantitative estimate of drug-likeness (QED) is 0.730. The molecule has 15 heavy (non-hydrogen) atoms. The third-order valence-electron chi connectivity index (χ3n) is 2.10. The highest BCUT2D eigenvalue weighted by molar-refractivity contribution is 7.54. The van der Waals surface area contributed by atoms with Crippen LogP contribution in [-0.2, 0) is 13.6 Å². The van der Waals surface area contributed by atoms with Crippen LogP contribution in [0, 0.1) is 0 Å². The summed E-state index contributed by atoms with van der Waals surface area (Å²) in [6, 6.07) is 3.48. The van der Waals surface area contributed by atoms with Gasteiger partial charge in [0.15, 0.2) is 5.78 Å². The lowest BCUT2D eigenvalue weighted by Gasteiger charge is -2.27. The molecule has 1 atom stereocenters. The summed E-state index contributed by atoms with van der Waals surface area (Å²) in [7, 11) is 3.10. The molecule has 1 rings (SSSR count). The second kappa shape index (κ2) is 4.94. The van der Waals surface area contributed by atoms with Gasteiger partial charge < -0.3 is 13.5 Å². The molecule has 0 saturated carbocycles. The van der Waals surface area contributed by atoms with E-state index in [1.807, 2.05) is 0 Å². The van der Waals surface area contributed by atoms with E-state index in [2.05, 4.69) is 0 Å². The van der Waals surface area contributed by atoms with Gasteiger partial charge in [-0.3, -0.25) is 9.46 Å². The van der Waals surface area contributed by atoms with Crippen molar-refractivity contribution in [3.8, 4) is 0 Å². The molecule has 0 radical (unpaired) electrons. The average molecular weight is 233 g/mol. The van der Waals surface area contributed by atoms with E-state index in [-0.39, 0.29) is 0 Å². The predicted molar refractivity (Wildman–Crippen MR) is 56.8 cm³/mol. The first-order valence-corrected chi connectivity index (χ1v) is 6.07. The van der Waals surface area contributed by atoms with Gasteiger partial charge in [-0.1, -0.05) is 0 Å². The molecule has 0 aliphatic rings. The Morgan fingerprint density at radius 3 is 2.33 bits per heavy atom. The first-order valence-electron chi connectivity index (χ1n) is 4.46. The Morgan fingerprint density at radius 1 is 1.40 bits per heavy atom. The summed E-state index contributed by atoms with van der Waals surface area (Å²) in [5.41, 5.74) is 0. The van der Waals surface area contributed by atoms with Gasteiger partial charge in [0.1, 0.15) is 5.76 Å². The van der Waals surface area contributed by atoms with Crippen molar-refractivity contribution in [1.29, 1.82) is 0 Å². The smallest absolute Gasteiger partial charge is 0.354 e. The maximum absolute atomic E-state index is 12.2. The van der Waals surface area contributed by atoms with Crippen molar-refractivity contribution >= 4 is 7.60 Å². The molecule has 5 nitrogen and oxygen atoms in total. The van der Waals surface area contributed by atoms with Crippen molar-refractivity contribution in [2.75, 3.05) is 28.3 Å². The summed E-state index contributed by atoms with van der Waals surface area (Å²) in [5.74, 6) is 0.0366. The van der Waals surface area contributed by atoms with Crippen LogP contribution in [-0.4, -0.2) is 33.2 Å². The van der Waals surface area contributed by atoms with Crippen LogP contribution in [0.2, 0.25) is 0 Å². The minimum absolute atomic E-state index is 0.525. The highest BCUT2D eigenvalue weighted by Crippen LogP contribution is 2.60. The fourth-order valence-electron chi connectivity index (χ4n) is 1.41. The minimum Gasteiger partial charge on any atom is -0.467 e. The van der Waals surface area contributed by atoms with Crippen molar-refractivity contribution in [3.05, 3.63) is 24.2 Å². The van der Waals surface area contributed by atoms with Gasteiger partial charge in [0, 0.05) is 14.2 Å². The summed E-state index contributed by atoms with van der Waals surface area (Å²) >= 11 is 0. The Kier molecular flexibility index (Phi) is 4.11. The van der Waals surface area contributed by atoms with E-state index in [4.69, 9.17) is 13.5 Å². The van der Waals surface area contributed by atoms with Crippen molar-refractivity contribution < 1.29 is 18.0 Å².